The third-order valence-corrected chi connectivity index (χ3v) is 3.47. The predicted molar refractivity (Wildman–Crippen MR) is 72.1 cm³/mol. The van der Waals surface area contributed by atoms with Crippen LogP contribution >= 0.6 is 0 Å². The quantitative estimate of drug-likeness (QED) is 0.747. The second-order valence-electron chi connectivity index (χ2n) is 4.43. The molecule has 1 aliphatic rings. The van der Waals surface area contributed by atoms with Crippen molar-refractivity contribution in [3.8, 4) is 17.2 Å². The molecule has 1 aromatic rings. The Hall–Kier alpha value is -1.66. The van der Waals surface area contributed by atoms with E-state index < -0.39 is 6.10 Å². The van der Waals surface area contributed by atoms with Gasteiger partial charge in [-0.25, -0.2) is 0 Å². The number of anilines is 1. The van der Waals surface area contributed by atoms with Crippen molar-refractivity contribution in [3.63, 3.8) is 0 Å². The number of methoxy groups -OCH3 is 3. The van der Waals surface area contributed by atoms with Crippen LogP contribution in [-0.2, 0) is 0 Å². The van der Waals surface area contributed by atoms with Gasteiger partial charge in [0.1, 0.15) is 0 Å². The number of nitrogens with two attached hydrogens (primary N) is 1. The number of aliphatic hydroxyl groups is 1. The summed E-state index contributed by atoms with van der Waals surface area (Å²) in [6, 6.07) is 1.76. The molecule has 2 atom stereocenters. The molecule has 0 aromatic heterocycles. The summed E-state index contributed by atoms with van der Waals surface area (Å²) in [6.07, 6.45) is -0.644. The lowest BCUT2D eigenvalue weighted by molar-refractivity contribution is 0.113. The lowest BCUT2D eigenvalue weighted by Crippen LogP contribution is -2.33. The minimum atomic E-state index is -0.644. The molecule has 1 heterocycles. The fourth-order valence-corrected chi connectivity index (χ4v) is 2.40. The second-order valence-corrected chi connectivity index (χ2v) is 4.43. The molecule has 106 valence electrons. The average Bonchev–Trinajstić information content (AvgIpc) is 2.45. The van der Waals surface area contributed by atoms with Gasteiger partial charge in [-0.05, 0) is 12.6 Å². The van der Waals surface area contributed by atoms with Crippen molar-refractivity contribution in [1.29, 1.82) is 0 Å². The van der Waals surface area contributed by atoms with Crippen LogP contribution in [-0.4, -0.2) is 39.5 Å². The molecule has 2 rings (SSSR count). The minimum Gasteiger partial charge on any atom is -0.493 e. The number of nitrogens with one attached hydrogen (secondary N) is 1. The van der Waals surface area contributed by atoms with Gasteiger partial charge in [0, 0.05) is 18.0 Å². The molecule has 0 bridgehead atoms. The van der Waals surface area contributed by atoms with Gasteiger partial charge in [-0.2, -0.15) is 0 Å². The van der Waals surface area contributed by atoms with Crippen molar-refractivity contribution in [2.75, 3.05) is 39.7 Å². The van der Waals surface area contributed by atoms with Crippen LogP contribution in [0.5, 0.6) is 17.2 Å². The van der Waals surface area contributed by atoms with Crippen LogP contribution in [0.15, 0.2) is 6.07 Å². The Morgan fingerprint density at radius 2 is 1.95 bits per heavy atom. The van der Waals surface area contributed by atoms with Crippen molar-refractivity contribution in [3.05, 3.63) is 11.6 Å². The molecule has 4 N–H and O–H groups in total. The first-order valence-electron chi connectivity index (χ1n) is 6.12. The topological polar surface area (TPSA) is 86.0 Å². The van der Waals surface area contributed by atoms with Crippen LogP contribution < -0.4 is 25.3 Å². The maximum atomic E-state index is 10.4. The Kier molecular flexibility index (Phi) is 4.01. The maximum Gasteiger partial charge on any atom is 0.205 e. The molecule has 0 fully saturated rings. The number of hydrogen-bond acceptors (Lipinski definition) is 6. The normalized spacial score (nSPS) is 21.3. The molecule has 1 aromatic carbocycles. The van der Waals surface area contributed by atoms with Crippen molar-refractivity contribution >= 4 is 5.69 Å². The second kappa shape index (κ2) is 5.54. The predicted octanol–water partition coefficient (Wildman–Crippen LogP) is 0.746. The van der Waals surface area contributed by atoms with Crippen molar-refractivity contribution < 1.29 is 19.3 Å². The summed E-state index contributed by atoms with van der Waals surface area (Å²) < 4.78 is 16.0. The molecule has 0 amide bonds. The summed E-state index contributed by atoms with van der Waals surface area (Å²) in [4.78, 5) is 0. The van der Waals surface area contributed by atoms with E-state index in [0.29, 0.717) is 30.3 Å². The van der Waals surface area contributed by atoms with Crippen LogP contribution in [0, 0.1) is 5.92 Å². The van der Waals surface area contributed by atoms with E-state index in [2.05, 4.69) is 5.32 Å². The molecule has 0 saturated heterocycles. The molecule has 0 unspecified atom stereocenters. The number of rotatable bonds is 4. The molecule has 0 saturated carbocycles. The molecule has 6 nitrogen and oxygen atoms in total. The van der Waals surface area contributed by atoms with Crippen molar-refractivity contribution in [1.82, 2.24) is 0 Å². The van der Waals surface area contributed by atoms with Gasteiger partial charge >= 0.3 is 0 Å². The number of hydrogen-bond donors (Lipinski definition) is 3. The molecule has 0 aliphatic carbocycles. The third-order valence-electron chi connectivity index (χ3n) is 3.47. The van der Waals surface area contributed by atoms with E-state index in [1.807, 2.05) is 0 Å². The zero-order valence-electron chi connectivity index (χ0n) is 11.4. The van der Waals surface area contributed by atoms with E-state index in [1.54, 1.807) is 27.4 Å². The van der Waals surface area contributed by atoms with E-state index in [9.17, 15) is 5.11 Å². The summed E-state index contributed by atoms with van der Waals surface area (Å²) in [5, 5.41) is 13.6. The van der Waals surface area contributed by atoms with Crippen LogP contribution in [0.1, 0.15) is 11.7 Å². The van der Waals surface area contributed by atoms with Crippen LogP contribution in [0.25, 0.3) is 0 Å². The van der Waals surface area contributed by atoms with Gasteiger partial charge in [0.2, 0.25) is 5.75 Å². The Bertz CT molecular complexity index is 464. The monoisotopic (exact) mass is 268 g/mol. The molecular formula is C13H20N2O4. The summed E-state index contributed by atoms with van der Waals surface area (Å²) in [5.74, 6) is 1.54. The van der Waals surface area contributed by atoms with Gasteiger partial charge in [0.05, 0.1) is 33.1 Å². The highest BCUT2D eigenvalue weighted by Crippen LogP contribution is 2.49. The highest BCUT2D eigenvalue weighted by atomic mass is 16.5. The van der Waals surface area contributed by atoms with Gasteiger partial charge in [-0.15, -0.1) is 0 Å². The SMILES string of the molecule is COc1cc2c(c(OC)c1OC)NC[C@@H](CN)[C@@H]2O. The fourth-order valence-electron chi connectivity index (χ4n) is 2.40. The van der Waals surface area contributed by atoms with E-state index in [-0.39, 0.29) is 5.92 Å². The van der Waals surface area contributed by atoms with E-state index in [0.717, 1.165) is 11.3 Å². The fraction of sp³-hybridized carbons (Fsp3) is 0.538. The Balaban J connectivity index is 2.59. The molecule has 1 aliphatic heterocycles. The first-order valence-corrected chi connectivity index (χ1v) is 6.12. The van der Waals surface area contributed by atoms with Crippen LogP contribution in [0.4, 0.5) is 5.69 Å². The number of aliphatic hydroxyl groups excluding tert-OH is 1. The Morgan fingerprint density at radius 3 is 2.47 bits per heavy atom. The van der Waals surface area contributed by atoms with Crippen LogP contribution in [0.3, 0.4) is 0 Å². The number of ether oxygens (including phenoxy) is 3. The van der Waals surface area contributed by atoms with Crippen LogP contribution in [0.2, 0.25) is 0 Å². The Labute approximate surface area is 112 Å². The first kappa shape index (κ1) is 13.8. The Morgan fingerprint density at radius 1 is 1.26 bits per heavy atom. The molecule has 0 spiro atoms. The maximum absolute atomic E-state index is 10.4. The molecule has 0 radical (unpaired) electrons. The standard InChI is InChI=1S/C13H20N2O4/c1-17-9-4-8-10(13(19-3)12(9)18-2)15-6-7(5-14)11(8)16/h4,7,11,15-16H,5-6,14H2,1-3H3/t7-,11+/m1/s1. The van der Waals surface area contributed by atoms with Crippen molar-refractivity contribution in [2.45, 2.75) is 6.10 Å². The van der Waals surface area contributed by atoms with Gasteiger partial charge < -0.3 is 30.4 Å². The zero-order valence-corrected chi connectivity index (χ0v) is 11.4. The summed E-state index contributed by atoms with van der Waals surface area (Å²) in [5.41, 5.74) is 7.11. The smallest absolute Gasteiger partial charge is 0.205 e. The zero-order chi connectivity index (χ0) is 14.0. The summed E-state index contributed by atoms with van der Waals surface area (Å²) in [6.45, 7) is 1.00. The molecule has 19 heavy (non-hydrogen) atoms. The van der Waals surface area contributed by atoms with E-state index in [4.69, 9.17) is 19.9 Å². The molecular weight excluding hydrogens is 248 g/mol. The summed E-state index contributed by atoms with van der Waals surface area (Å²) >= 11 is 0. The minimum absolute atomic E-state index is 0.0321. The molecule has 6 heteroatoms. The van der Waals surface area contributed by atoms with Crippen molar-refractivity contribution in [2.24, 2.45) is 11.7 Å². The van der Waals surface area contributed by atoms with E-state index in [1.165, 1.54) is 0 Å². The highest BCUT2D eigenvalue weighted by molar-refractivity contribution is 5.73. The van der Waals surface area contributed by atoms with Gasteiger partial charge in [0.15, 0.2) is 11.5 Å². The van der Waals surface area contributed by atoms with E-state index >= 15 is 0 Å². The lowest BCUT2D eigenvalue weighted by atomic mass is 9.90. The lowest BCUT2D eigenvalue weighted by Gasteiger charge is -2.32. The first-order chi connectivity index (χ1) is 9.17. The third kappa shape index (κ3) is 2.17. The average molecular weight is 268 g/mol. The highest BCUT2D eigenvalue weighted by Gasteiger charge is 2.32. The largest absolute Gasteiger partial charge is 0.493 e. The van der Waals surface area contributed by atoms with Gasteiger partial charge in [-0.3, -0.25) is 0 Å². The van der Waals surface area contributed by atoms with Gasteiger partial charge in [-0.1, -0.05) is 0 Å². The number of fused-ring (bicyclic) bond motifs is 1. The number of benzene rings is 1. The summed E-state index contributed by atoms with van der Waals surface area (Å²) in [7, 11) is 4.65. The van der Waals surface area contributed by atoms with Gasteiger partial charge in [0.25, 0.3) is 0 Å².